The molecule has 2 fully saturated rings. The summed E-state index contributed by atoms with van der Waals surface area (Å²) in [6, 6.07) is 5.26. The molecule has 5 nitrogen and oxygen atoms in total. The molecule has 4 N–H and O–H groups in total. The normalized spacial score (nSPS) is 30.5. The van der Waals surface area contributed by atoms with E-state index in [2.05, 4.69) is 5.32 Å². The first-order chi connectivity index (χ1) is 10.8. The largest absolute Gasteiger partial charge is 0.506 e. The second kappa shape index (κ2) is 6.54. The molecular weight excluding hydrogens is 328 g/mol. The number of carbonyl (C=O) groups is 1. The highest BCUT2D eigenvalue weighted by Crippen LogP contribution is 2.57. The summed E-state index contributed by atoms with van der Waals surface area (Å²) in [5.74, 6) is -0.145. The van der Waals surface area contributed by atoms with Crippen LogP contribution in [0, 0.1) is 11.3 Å². The average molecular weight is 355 g/mol. The van der Waals surface area contributed by atoms with Gasteiger partial charge >= 0.3 is 0 Å². The van der Waals surface area contributed by atoms with E-state index in [4.69, 9.17) is 10.5 Å². The van der Waals surface area contributed by atoms with Crippen LogP contribution in [0.4, 0.5) is 5.69 Å². The molecule has 1 saturated carbocycles. The number of rotatable bonds is 3. The molecule has 1 saturated heterocycles. The van der Waals surface area contributed by atoms with Crippen molar-refractivity contribution in [3.8, 4) is 5.75 Å². The number of nitrogens with one attached hydrogen (secondary N) is 1. The van der Waals surface area contributed by atoms with Crippen molar-refractivity contribution in [1.29, 1.82) is 0 Å². The fourth-order valence-electron chi connectivity index (χ4n) is 4.17. The van der Waals surface area contributed by atoms with E-state index in [-0.39, 0.29) is 36.1 Å². The van der Waals surface area contributed by atoms with Gasteiger partial charge in [0.15, 0.2) is 0 Å². The predicted molar refractivity (Wildman–Crippen MR) is 96.5 cm³/mol. The molecule has 3 atom stereocenters. The number of phenolic OH excluding ortho intramolecular Hbond substituents is 1. The Morgan fingerprint density at radius 2 is 2.17 bits per heavy atom. The number of fused-ring (bicyclic) bond motifs is 1. The molecule has 0 radical (unpaired) electrons. The maximum Gasteiger partial charge on any atom is 0.245 e. The maximum absolute atomic E-state index is 12.9. The fourth-order valence-corrected chi connectivity index (χ4v) is 4.17. The van der Waals surface area contributed by atoms with Crippen molar-refractivity contribution in [1.82, 2.24) is 0 Å². The van der Waals surface area contributed by atoms with Gasteiger partial charge in [-0.25, -0.2) is 0 Å². The summed E-state index contributed by atoms with van der Waals surface area (Å²) < 4.78 is 5.84. The Morgan fingerprint density at radius 1 is 1.46 bits per heavy atom. The third-order valence-corrected chi connectivity index (χ3v) is 5.78. The smallest absolute Gasteiger partial charge is 0.245 e. The summed E-state index contributed by atoms with van der Waals surface area (Å²) >= 11 is 0. The lowest BCUT2D eigenvalue weighted by molar-refractivity contribution is -0.222. The first kappa shape index (κ1) is 19.0. The van der Waals surface area contributed by atoms with E-state index >= 15 is 0 Å². The molecule has 2 aliphatic rings. The standard InChI is InChI=1S/C18H26N2O3.ClH/c1-4-11-7-8-14(21)13(10-11)20-16(22)18(19)12-6-5-9-23-15(12)17(18,2)3;/h7-8,10,12,15,21H,4-6,9,19H2,1-3H3,(H,20,22);1H. The Hall–Kier alpha value is -1.30. The van der Waals surface area contributed by atoms with Crippen LogP contribution in [0.2, 0.25) is 0 Å². The van der Waals surface area contributed by atoms with E-state index in [1.807, 2.05) is 26.8 Å². The van der Waals surface area contributed by atoms with Gasteiger partial charge in [-0.3, -0.25) is 4.79 Å². The van der Waals surface area contributed by atoms with E-state index in [0.29, 0.717) is 5.69 Å². The van der Waals surface area contributed by atoms with Crippen molar-refractivity contribution in [3.63, 3.8) is 0 Å². The highest BCUT2D eigenvalue weighted by atomic mass is 35.5. The number of aromatic hydroxyl groups is 1. The summed E-state index contributed by atoms with van der Waals surface area (Å²) in [6.07, 6.45) is 2.70. The van der Waals surface area contributed by atoms with E-state index < -0.39 is 11.0 Å². The number of amides is 1. The summed E-state index contributed by atoms with van der Waals surface area (Å²) in [7, 11) is 0. The summed E-state index contributed by atoms with van der Waals surface area (Å²) in [5, 5.41) is 12.9. The first-order valence-electron chi connectivity index (χ1n) is 8.36. The molecule has 0 spiro atoms. The second-order valence-electron chi connectivity index (χ2n) is 7.29. The Kier molecular flexibility index (Phi) is 5.19. The second-order valence-corrected chi connectivity index (χ2v) is 7.29. The van der Waals surface area contributed by atoms with Crippen molar-refractivity contribution in [2.75, 3.05) is 11.9 Å². The molecular formula is C18H27ClN2O3. The number of nitrogens with two attached hydrogens (primary N) is 1. The van der Waals surface area contributed by atoms with Gasteiger partial charge < -0.3 is 20.9 Å². The number of aryl methyl sites for hydroxylation is 1. The van der Waals surface area contributed by atoms with Crippen LogP contribution in [0.1, 0.15) is 39.2 Å². The first-order valence-corrected chi connectivity index (χ1v) is 8.36. The highest BCUT2D eigenvalue weighted by molar-refractivity contribution is 6.01. The van der Waals surface area contributed by atoms with Gasteiger partial charge in [0.1, 0.15) is 11.3 Å². The average Bonchev–Trinajstić information content (AvgIpc) is 2.55. The molecule has 134 valence electrons. The molecule has 6 heteroatoms. The van der Waals surface area contributed by atoms with Crippen LogP contribution in [-0.4, -0.2) is 29.3 Å². The third-order valence-electron chi connectivity index (χ3n) is 5.78. The number of benzene rings is 1. The predicted octanol–water partition coefficient (Wildman–Crippen LogP) is 2.85. The molecule has 1 aliphatic carbocycles. The van der Waals surface area contributed by atoms with Gasteiger partial charge in [0.2, 0.25) is 5.91 Å². The number of anilines is 1. The molecule has 24 heavy (non-hydrogen) atoms. The summed E-state index contributed by atoms with van der Waals surface area (Å²) in [6.45, 7) is 6.74. The van der Waals surface area contributed by atoms with Gasteiger partial charge in [0.05, 0.1) is 11.8 Å². The van der Waals surface area contributed by atoms with E-state index in [0.717, 1.165) is 31.4 Å². The number of phenols is 1. The van der Waals surface area contributed by atoms with Gasteiger partial charge in [-0.15, -0.1) is 12.4 Å². The lowest BCUT2D eigenvalue weighted by Gasteiger charge is -2.65. The van der Waals surface area contributed by atoms with Crippen molar-refractivity contribution < 1.29 is 14.6 Å². The molecule has 1 aromatic carbocycles. The Labute approximate surface area is 149 Å². The van der Waals surface area contributed by atoms with Gasteiger partial charge in [-0.2, -0.15) is 0 Å². The zero-order chi connectivity index (χ0) is 16.8. The zero-order valence-electron chi connectivity index (χ0n) is 14.5. The molecule has 1 heterocycles. The lowest BCUT2D eigenvalue weighted by atomic mass is 9.46. The topological polar surface area (TPSA) is 84.6 Å². The quantitative estimate of drug-likeness (QED) is 0.729. The zero-order valence-corrected chi connectivity index (χ0v) is 15.3. The van der Waals surface area contributed by atoms with Crippen LogP contribution in [0.5, 0.6) is 5.75 Å². The summed E-state index contributed by atoms with van der Waals surface area (Å²) in [5.41, 5.74) is 6.64. The minimum absolute atomic E-state index is 0. The molecule has 1 aliphatic heterocycles. The van der Waals surface area contributed by atoms with Crippen molar-refractivity contribution in [2.24, 2.45) is 17.1 Å². The third kappa shape index (κ3) is 2.59. The number of hydrogen-bond donors (Lipinski definition) is 3. The molecule has 0 aromatic heterocycles. The lowest BCUT2D eigenvalue weighted by Crippen LogP contribution is -2.81. The number of carbonyl (C=O) groups excluding carboxylic acids is 1. The SMILES string of the molecule is CCc1ccc(O)c(NC(=O)C2(N)C3CCCOC3C2(C)C)c1.Cl. The van der Waals surface area contributed by atoms with Gasteiger partial charge in [0.25, 0.3) is 0 Å². The van der Waals surface area contributed by atoms with Crippen LogP contribution in [0.25, 0.3) is 0 Å². The number of halogens is 1. The molecule has 3 rings (SSSR count). The minimum atomic E-state index is -0.979. The maximum atomic E-state index is 12.9. The summed E-state index contributed by atoms with van der Waals surface area (Å²) in [4.78, 5) is 12.9. The van der Waals surface area contributed by atoms with Crippen LogP contribution in [-0.2, 0) is 16.0 Å². The van der Waals surface area contributed by atoms with Gasteiger partial charge in [-0.1, -0.05) is 26.8 Å². The van der Waals surface area contributed by atoms with Crippen molar-refractivity contribution >= 4 is 24.0 Å². The Bertz CT molecular complexity index is 635. The molecule has 0 bridgehead atoms. The van der Waals surface area contributed by atoms with E-state index in [1.54, 1.807) is 12.1 Å². The monoisotopic (exact) mass is 354 g/mol. The molecule has 3 unspecified atom stereocenters. The highest BCUT2D eigenvalue weighted by Gasteiger charge is 2.70. The van der Waals surface area contributed by atoms with Gasteiger partial charge in [0, 0.05) is 17.9 Å². The fraction of sp³-hybridized carbons (Fsp3) is 0.611. The van der Waals surface area contributed by atoms with Crippen LogP contribution in [0.3, 0.4) is 0 Å². The number of hydrogen-bond acceptors (Lipinski definition) is 4. The van der Waals surface area contributed by atoms with Crippen molar-refractivity contribution in [3.05, 3.63) is 23.8 Å². The van der Waals surface area contributed by atoms with Crippen LogP contribution >= 0.6 is 12.4 Å². The Morgan fingerprint density at radius 3 is 2.83 bits per heavy atom. The Balaban J connectivity index is 0.00000208. The van der Waals surface area contributed by atoms with E-state index in [1.165, 1.54) is 0 Å². The van der Waals surface area contributed by atoms with Gasteiger partial charge in [-0.05, 0) is 37.0 Å². The van der Waals surface area contributed by atoms with E-state index in [9.17, 15) is 9.90 Å². The van der Waals surface area contributed by atoms with Crippen molar-refractivity contribution in [2.45, 2.75) is 51.7 Å². The minimum Gasteiger partial charge on any atom is -0.506 e. The molecule has 1 amide bonds. The van der Waals surface area contributed by atoms with Crippen LogP contribution < -0.4 is 11.1 Å². The number of ether oxygens (including phenoxy) is 1. The molecule has 1 aromatic rings. The van der Waals surface area contributed by atoms with Crippen LogP contribution in [0.15, 0.2) is 18.2 Å².